The van der Waals surface area contributed by atoms with Gasteiger partial charge in [-0.15, -0.1) is 0 Å². The van der Waals surface area contributed by atoms with E-state index in [0.29, 0.717) is 16.9 Å². The van der Waals surface area contributed by atoms with Crippen molar-refractivity contribution in [1.29, 1.82) is 0 Å². The molecular formula is C16H19FN3O4P. The molecule has 9 heteroatoms. The first-order valence-electron chi connectivity index (χ1n) is 7.90. The summed E-state index contributed by atoms with van der Waals surface area (Å²) in [4.78, 5) is 22.9. The minimum Gasteiger partial charge on any atom is -0.445 e. The number of anilines is 1. The number of hydrogen-bond acceptors (Lipinski definition) is 4. The van der Waals surface area contributed by atoms with Crippen LogP contribution in [-0.4, -0.2) is 19.3 Å². The van der Waals surface area contributed by atoms with Gasteiger partial charge in [0.2, 0.25) is 5.50 Å². The molecule has 0 amide bonds. The number of halogens is 1. The molecule has 0 spiro atoms. The molecule has 0 saturated heterocycles. The van der Waals surface area contributed by atoms with Crippen LogP contribution in [0.2, 0.25) is 0 Å². The molecule has 25 heavy (non-hydrogen) atoms. The Hall–Kier alpha value is -2.15. The van der Waals surface area contributed by atoms with Crippen LogP contribution in [-0.2, 0) is 4.57 Å². The first kappa shape index (κ1) is 17.7. The first-order chi connectivity index (χ1) is 11.8. The molecule has 3 rings (SSSR count). The maximum Gasteiger partial charge on any atom is 0.391 e. The van der Waals surface area contributed by atoms with Gasteiger partial charge < -0.3 is 24.5 Å². The number of benzene rings is 1. The zero-order valence-corrected chi connectivity index (χ0v) is 14.7. The van der Waals surface area contributed by atoms with E-state index in [1.165, 1.54) is 18.2 Å². The van der Waals surface area contributed by atoms with E-state index in [-0.39, 0.29) is 17.5 Å². The van der Waals surface area contributed by atoms with Gasteiger partial charge in [-0.05, 0) is 37.1 Å². The summed E-state index contributed by atoms with van der Waals surface area (Å²) in [5.41, 5.74) is 6.28. The van der Waals surface area contributed by atoms with Crippen molar-refractivity contribution in [3.05, 3.63) is 30.1 Å². The van der Waals surface area contributed by atoms with Crippen molar-refractivity contribution in [2.75, 3.05) is 5.73 Å². The van der Waals surface area contributed by atoms with Crippen molar-refractivity contribution >= 4 is 29.8 Å². The van der Waals surface area contributed by atoms with E-state index >= 15 is 0 Å². The van der Waals surface area contributed by atoms with Gasteiger partial charge in [-0.2, -0.15) is 0 Å². The summed E-state index contributed by atoms with van der Waals surface area (Å²) in [7, 11) is -4.51. The van der Waals surface area contributed by atoms with Crippen LogP contribution < -0.4 is 11.2 Å². The smallest absolute Gasteiger partial charge is 0.391 e. The summed E-state index contributed by atoms with van der Waals surface area (Å²) in [5.74, 6) is -0.00877. The second-order valence-corrected chi connectivity index (χ2v) is 7.32. The summed E-state index contributed by atoms with van der Waals surface area (Å²) in [6, 6.07) is 5.60. The summed E-state index contributed by atoms with van der Waals surface area (Å²) in [6.45, 7) is 4.03. The quantitative estimate of drug-likeness (QED) is 0.471. The van der Waals surface area contributed by atoms with Gasteiger partial charge >= 0.3 is 7.60 Å². The average molecular weight is 367 g/mol. The topological polar surface area (TPSA) is 115 Å². The van der Waals surface area contributed by atoms with E-state index in [0.717, 1.165) is 12.8 Å². The Labute approximate surface area is 143 Å². The standard InChI is InChI=1S/C16H19FN3O4P/c1-3-9(4-2)20-11-6-5-10(17)14(18)15(11)19-16(20)12-7-8-13(24-12)25(21,22)23/h5-9H,3-4,18H2,1-2H3,(H2,21,22,23). The number of aromatic nitrogens is 2. The fourth-order valence-corrected chi connectivity index (χ4v) is 3.45. The minimum atomic E-state index is -4.51. The molecule has 2 heterocycles. The zero-order valence-electron chi connectivity index (χ0n) is 13.8. The molecule has 2 aromatic heterocycles. The summed E-state index contributed by atoms with van der Waals surface area (Å²) in [6.07, 6.45) is 1.58. The molecule has 0 aliphatic heterocycles. The van der Waals surface area contributed by atoms with Crippen molar-refractivity contribution in [3.63, 3.8) is 0 Å². The largest absolute Gasteiger partial charge is 0.445 e. The van der Waals surface area contributed by atoms with Crippen LogP contribution in [0.1, 0.15) is 32.7 Å². The van der Waals surface area contributed by atoms with Crippen LogP contribution in [0.25, 0.3) is 22.6 Å². The first-order valence-corrected chi connectivity index (χ1v) is 9.51. The molecule has 1 aromatic carbocycles. The van der Waals surface area contributed by atoms with E-state index < -0.39 is 18.9 Å². The van der Waals surface area contributed by atoms with Crippen molar-refractivity contribution in [2.24, 2.45) is 0 Å². The van der Waals surface area contributed by atoms with Crippen LogP contribution >= 0.6 is 7.60 Å². The molecule has 3 aromatic rings. The number of rotatable bonds is 5. The third kappa shape index (κ3) is 2.97. The van der Waals surface area contributed by atoms with E-state index in [9.17, 15) is 18.7 Å². The molecule has 0 radical (unpaired) electrons. The predicted octanol–water partition coefficient (Wildman–Crippen LogP) is 3.18. The van der Waals surface area contributed by atoms with Crippen molar-refractivity contribution in [3.8, 4) is 11.6 Å². The van der Waals surface area contributed by atoms with Gasteiger partial charge in [0.25, 0.3) is 0 Å². The van der Waals surface area contributed by atoms with Crippen LogP contribution in [0.5, 0.6) is 0 Å². The van der Waals surface area contributed by atoms with Crippen LogP contribution in [0.3, 0.4) is 0 Å². The number of nitrogen functional groups attached to an aromatic ring is 1. The molecule has 7 nitrogen and oxygen atoms in total. The normalized spacial score (nSPS) is 12.4. The molecule has 4 N–H and O–H groups in total. The number of hydrogen-bond donors (Lipinski definition) is 3. The van der Waals surface area contributed by atoms with Crippen molar-refractivity contribution in [1.82, 2.24) is 9.55 Å². The Kier molecular flexibility index (Phi) is 4.45. The molecular weight excluding hydrogens is 348 g/mol. The van der Waals surface area contributed by atoms with Gasteiger partial charge in [0.1, 0.15) is 11.3 Å². The van der Waals surface area contributed by atoms with Crippen LogP contribution in [0.4, 0.5) is 10.1 Å². The van der Waals surface area contributed by atoms with E-state index in [2.05, 4.69) is 4.98 Å². The highest BCUT2D eigenvalue weighted by atomic mass is 31.2. The average Bonchev–Trinajstić information content (AvgIpc) is 3.17. The third-order valence-corrected chi connectivity index (χ3v) is 5.07. The lowest BCUT2D eigenvalue weighted by molar-refractivity contribution is 0.377. The maximum absolute atomic E-state index is 13.8. The second kappa shape index (κ2) is 6.29. The van der Waals surface area contributed by atoms with Crippen molar-refractivity contribution in [2.45, 2.75) is 32.7 Å². The minimum absolute atomic E-state index is 0.0495. The Bertz CT molecular complexity index is 971. The second-order valence-electron chi connectivity index (χ2n) is 5.79. The SMILES string of the molecule is CCC(CC)n1c(-c2ccc(P(=O)(O)O)o2)nc2c(N)c(F)ccc21. The monoisotopic (exact) mass is 367 g/mol. The zero-order chi connectivity index (χ0) is 18.4. The predicted molar refractivity (Wildman–Crippen MR) is 93.1 cm³/mol. The Balaban J connectivity index is 2.30. The van der Waals surface area contributed by atoms with Crippen LogP contribution in [0, 0.1) is 5.82 Å². The van der Waals surface area contributed by atoms with Gasteiger partial charge in [-0.25, -0.2) is 9.37 Å². The summed E-state index contributed by atoms with van der Waals surface area (Å²) >= 11 is 0. The van der Waals surface area contributed by atoms with Gasteiger partial charge in [0.15, 0.2) is 11.6 Å². The van der Waals surface area contributed by atoms with E-state index in [1.54, 1.807) is 6.07 Å². The third-order valence-electron chi connectivity index (χ3n) is 4.25. The molecule has 0 saturated carbocycles. The van der Waals surface area contributed by atoms with E-state index in [1.807, 2.05) is 18.4 Å². The molecule has 0 aliphatic rings. The number of imidazole rings is 1. The fourth-order valence-electron chi connectivity index (χ4n) is 2.96. The number of nitrogens with zero attached hydrogens (tertiary/aromatic N) is 2. The summed E-state index contributed by atoms with van der Waals surface area (Å²) < 4.78 is 32.4. The summed E-state index contributed by atoms with van der Waals surface area (Å²) in [5, 5.41) is 0. The lowest BCUT2D eigenvalue weighted by Crippen LogP contribution is -2.08. The highest BCUT2D eigenvalue weighted by molar-refractivity contribution is 7.59. The molecule has 0 aliphatic carbocycles. The van der Waals surface area contributed by atoms with Gasteiger partial charge in [-0.3, -0.25) is 4.57 Å². The van der Waals surface area contributed by atoms with Gasteiger partial charge in [0.05, 0.1) is 11.2 Å². The highest BCUT2D eigenvalue weighted by Gasteiger charge is 2.26. The lowest BCUT2D eigenvalue weighted by atomic mass is 10.1. The van der Waals surface area contributed by atoms with Crippen LogP contribution in [0.15, 0.2) is 28.7 Å². The molecule has 0 fully saturated rings. The number of fused-ring (bicyclic) bond motifs is 1. The van der Waals surface area contributed by atoms with Gasteiger partial charge in [-0.1, -0.05) is 13.8 Å². The number of nitrogens with two attached hydrogens (primary N) is 1. The highest BCUT2D eigenvalue weighted by Crippen LogP contribution is 2.38. The molecule has 0 bridgehead atoms. The molecule has 0 unspecified atom stereocenters. The fraction of sp³-hybridized carbons (Fsp3) is 0.312. The lowest BCUT2D eigenvalue weighted by Gasteiger charge is -2.18. The Morgan fingerprint density at radius 2 is 1.96 bits per heavy atom. The molecule has 134 valence electrons. The van der Waals surface area contributed by atoms with Gasteiger partial charge in [0, 0.05) is 6.04 Å². The van der Waals surface area contributed by atoms with E-state index in [4.69, 9.17) is 10.2 Å². The van der Waals surface area contributed by atoms with Crippen molar-refractivity contribution < 1.29 is 23.2 Å². The Morgan fingerprint density at radius 1 is 1.28 bits per heavy atom. The molecule has 0 atom stereocenters. The maximum atomic E-state index is 13.8. The number of furan rings is 1. The Morgan fingerprint density at radius 3 is 2.52 bits per heavy atom.